The van der Waals surface area contributed by atoms with Gasteiger partial charge in [0.05, 0.1) is 0 Å². The summed E-state index contributed by atoms with van der Waals surface area (Å²) in [5.41, 5.74) is 0. The average molecular weight is 249 g/mol. The van der Waals surface area contributed by atoms with Crippen molar-refractivity contribution in [1.29, 1.82) is 0 Å². The van der Waals surface area contributed by atoms with Crippen LogP contribution in [-0.4, -0.2) is 61.8 Å². The van der Waals surface area contributed by atoms with Crippen molar-refractivity contribution in [3.05, 3.63) is 6.33 Å². The fourth-order valence-electron chi connectivity index (χ4n) is 2.28. The Hall–Kier alpha value is -0.793. The van der Waals surface area contributed by atoms with Gasteiger partial charge in [-0.15, -0.1) is 0 Å². The molecule has 1 fully saturated rings. The lowest BCUT2D eigenvalue weighted by molar-refractivity contribution is 0.565. The lowest BCUT2D eigenvalue weighted by atomic mass is 9.62. The number of H-pyrrole nitrogens is 1. The largest absolute Gasteiger partial charge is 0.389 e. The molecular weight excluding hydrogens is 230 g/mol. The van der Waals surface area contributed by atoms with Crippen molar-refractivity contribution < 1.29 is 0 Å². The van der Waals surface area contributed by atoms with Crippen LogP contribution in [0.15, 0.2) is 6.33 Å². The molecule has 0 spiro atoms. The molecule has 1 radical (unpaired) electrons. The van der Waals surface area contributed by atoms with Gasteiger partial charge in [0.25, 0.3) is 6.98 Å². The van der Waals surface area contributed by atoms with Gasteiger partial charge in [-0.25, -0.2) is 10.1 Å². The highest BCUT2D eigenvalue weighted by Gasteiger charge is 2.40. The van der Waals surface area contributed by atoms with Gasteiger partial charge < -0.3 is 13.7 Å². The van der Waals surface area contributed by atoms with Crippen molar-refractivity contribution in [3.8, 4) is 0 Å². The van der Waals surface area contributed by atoms with Crippen LogP contribution in [0.3, 0.4) is 0 Å². The van der Waals surface area contributed by atoms with Crippen LogP contribution in [0, 0.1) is 0 Å². The second-order valence-electron chi connectivity index (χ2n) is 4.50. The monoisotopic (exact) mass is 249 g/mol. The predicted octanol–water partition coefficient (Wildman–Crippen LogP) is -0.229. The first kappa shape index (κ1) is 12.7. The van der Waals surface area contributed by atoms with Crippen LogP contribution in [0.2, 0.25) is 13.6 Å². The van der Waals surface area contributed by atoms with E-state index in [9.17, 15) is 0 Å². The number of nitrogens with one attached hydrogen (secondary N) is 1. The van der Waals surface area contributed by atoms with E-state index in [0.717, 1.165) is 12.5 Å². The van der Waals surface area contributed by atoms with Gasteiger partial charge in [-0.3, -0.25) is 0 Å². The maximum atomic E-state index is 4.27. The Balaban J connectivity index is 2.18. The Bertz CT molecular complexity index is 350. The zero-order chi connectivity index (χ0) is 12.4. The van der Waals surface area contributed by atoms with E-state index in [2.05, 4.69) is 56.5 Å². The normalized spacial score (nSPS) is 19.2. The van der Waals surface area contributed by atoms with Crippen molar-refractivity contribution >= 4 is 29.8 Å². The number of hydrogen-bond donors (Lipinski definition) is 1. The van der Waals surface area contributed by atoms with Crippen molar-refractivity contribution in [2.24, 2.45) is 0 Å². The van der Waals surface area contributed by atoms with E-state index in [1.165, 1.54) is 6.42 Å². The maximum absolute atomic E-state index is 4.27. The number of hydrogen-bond acceptors (Lipinski definition) is 5. The quantitative estimate of drug-likeness (QED) is 0.750. The smallest absolute Gasteiger partial charge is 0.323 e. The van der Waals surface area contributed by atoms with Crippen molar-refractivity contribution in [3.63, 3.8) is 0 Å². The zero-order valence-corrected chi connectivity index (χ0v) is 12.1. The van der Waals surface area contributed by atoms with Crippen molar-refractivity contribution in [2.45, 2.75) is 27.0 Å². The molecule has 1 aromatic heterocycles. The Morgan fingerprint density at radius 1 is 1.41 bits per heavy atom. The summed E-state index contributed by atoms with van der Waals surface area (Å²) in [4.78, 5) is 4.27. The lowest BCUT2D eigenvalue weighted by Crippen LogP contribution is -2.71. The van der Waals surface area contributed by atoms with Gasteiger partial charge in [-0.05, 0) is 20.0 Å². The van der Waals surface area contributed by atoms with Crippen LogP contribution in [-0.2, 0) is 0 Å². The van der Waals surface area contributed by atoms with Gasteiger partial charge in [0.1, 0.15) is 6.33 Å². The van der Waals surface area contributed by atoms with Gasteiger partial charge in [-0.1, -0.05) is 20.6 Å². The van der Waals surface area contributed by atoms with Gasteiger partial charge >= 0.3 is 6.98 Å². The van der Waals surface area contributed by atoms with Gasteiger partial charge in [0, 0.05) is 0 Å². The lowest BCUT2D eigenvalue weighted by Gasteiger charge is -2.46. The Morgan fingerprint density at radius 2 is 2.18 bits per heavy atom. The molecule has 2 heterocycles. The number of aromatic amines is 1. The summed E-state index contributed by atoms with van der Waals surface area (Å²) in [5.74, 6) is 0.882. The van der Waals surface area contributed by atoms with Gasteiger partial charge in [-0.2, -0.15) is 5.10 Å². The minimum absolute atomic E-state index is 0.0644. The first-order valence-corrected chi connectivity index (χ1v) is 7.14. The summed E-state index contributed by atoms with van der Waals surface area (Å²) in [7, 11) is 2.24. The van der Waals surface area contributed by atoms with Crippen LogP contribution in [0.1, 0.15) is 13.3 Å². The molecule has 1 aliphatic heterocycles. The first-order chi connectivity index (χ1) is 8.15. The van der Waals surface area contributed by atoms with Gasteiger partial charge in [0.15, 0.2) is 0 Å². The van der Waals surface area contributed by atoms with Crippen molar-refractivity contribution in [1.82, 2.24) is 24.4 Å². The third kappa shape index (κ3) is 2.41. The highest BCUT2D eigenvalue weighted by Crippen LogP contribution is 2.17. The highest BCUT2D eigenvalue weighted by atomic mass is 28.2. The Morgan fingerprint density at radius 3 is 2.76 bits per heavy atom. The molecule has 2 rings (SSSR count). The third-order valence-electron chi connectivity index (χ3n) is 3.39. The average Bonchev–Trinajstić information content (AvgIpc) is 2.83. The summed E-state index contributed by atoms with van der Waals surface area (Å²) < 4.78 is 7.22. The van der Waals surface area contributed by atoms with Crippen LogP contribution in [0.5, 0.6) is 0 Å². The van der Waals surface area contributed by atoms with Crippen LogP contribution >= 0.6 is 0 Å². The molecular formula is C8H19B2N6Si. The molecule has 0 saturated carbocycles. The molecule has 1 saturated heterocycles. The number of rotatable bonds is 3. The molecule has 0 atom stereocenters. The minimum Gasteiger partial charge on any atom is -0.389 e. The third-order valence-corrected chi connectivity index (χ3v) is 5.11. The van der Waals surface area contributed by atoms with Crippen LogP contribution < -0.4 is 4.48 Å². The summed E-state index contributed by atoms with van der Waals surface area (Å²) in [6.45, 7) is 8.73. The SMILES string of the molecule is CCCN1B(C)N(C)[SiH]N(c2ncn[nH]2)B1C. The molecule has 6 nitrogen and oxygen atoms in total. The van der Waals surface area contributed by atoms with E-state index in [-0.39, 0.29) is 9.84 Å². The van der Waals surface area contributed by atoms with E-state index in [1.807, 2.05) is 0 Å². The molecule has 0 amide bonds. The van der Waals surface area contributed by atoms with Crippen LogP contribution in [0.25, 0.3) is 0 Å². The molecule has 0 aliphatic carbocycles. The summed E-state index contributed by atoms with van der Waals surface area (Å²) >= 11 is 0. The molecule has 9 heteroatoms. The zero-order valence-electron chi connectivity index (χ0n) is 11.0. The molecule has 1 aliphatic rings. The number of anilines is 1. The molecule has 1 N–H and O–H groups in total. The molecule has 91 valence electrons. The summed E-state index contributed by atoms with van der Waals surface area (Å²) in [5, 5.41) is 6.91. The van der Waals surface area contributed by atoms with E-state index < -0.39 is 0 Å². The topological polar surface area (TPSA) is 51.3 Å². The number of nitrogens with zero attached hydrogens (tertiary/aromatic N) is 5. The molecule has 1 aromatic rings. The van der Waals surface area contributed by atoms with Gasteiger partial charge in [0.2, 0.25) is 15.8 Å². The summed E-state index contributed by atoms with van der Waals surface area (Å²) in [6.07, 6.45) is 2.74. The highest BCUT2D eigenvalue weighted by molar-refractivity contribution is 6.86. The Labute approximate surface area is 106 Å². The van der Waals surface area contributed by atoms with E-state index in [0.29, 0.717) is 14.0 Å². The summed E-state index contributed by atoms with van der Waals surface area (Å²) in [6, 6.07) is 0. The van der Waals surface area contributed by atoms with E-state index in [1.54, 1.807) is 6.33 Å². The number of aromatic nitrogens is 3. The molecule has 17 heavy (non-hydrogen) atoms. The van der Waals surface area contributed by atoms with Crippen LogP contribution in [0.4, 0.5) is 5.95 Å². The minimum atomic E-state index is 0.0644. The Kier molecular flexibility index (Phi) is 3.90. The second-order valence-corrected chi connectivity index (χ2v) is 6.10. The predicted molar refractivity (Wildman–Crippen MR) is 74.0 cm³/mol. The standard InChI is InChI=1S/C8H19B2N6Si/c1-5-6-15-9(2)14(4)17-16(10(15)3)8-11-7-12-13-8/h7,17H,5-6H2,1-4H3,(H,11,12,13). The van der Waals surface area contributed by atoms with Crippen molar-refractivity contribution in [2.75, 3.05) is 18.1 Å². The van der Waals surface area contributed by atoms with E-state index >= 15 is 0 Å². The van der Waals surface area contributed by atoms with E-state index in [4.69, 9.17) is 0 Å². The molecule has 0 unspecified atom stereocenters. The fourth-order valence-corrected chi connectivity index (χ4v) is 3.64. The maximum Gasteiger partial charge on any atom is 0.323 e. The first-order valence-electron chi connectivity index (χ1n) is 6.11. The molecule has 0 aromatic carbocycles. The second kappa shape index (κ2) is 5.24. The fraction of sp³-hybridized carbons (Fsp3) is 0.750. The molecule has 0 bridgehead atoms.